The van der Waals surface area contributed by atoms with Gasteiger partial charge in [0.05, 0.1) is 11.5 Å². The molecular formula is C7H10N2OS. The highest BCUT2D eigenvalue weighted by Gasteiger charge is 2.02. The van der Waals surface area contributed by atoms with E-state index in [2.05, 4.69) is 5.10 Å². The second-order valence-electron chi connectivity index (χ2n) is 1.84. The molecule has 0 aliphatic heterocycles. The van der Waals surface area contributed by atoms with Gasteiger partial charge in [0.15, 0.2) is 0 Å². The molecule has 1 rings (SSSR count). The van der Waals surface area contributed by atoms with Gasteiger partial charge in [-0.2, -0.15) is 0 Å². The molecule has 0 aliphatic carbocycles. The first-order valence-electron chi connectivity index (χ1n) is 3.33. The molecule has 11 heavy (non-hydrogen) atoms. The van der Waals surface area contributed by atoms with Gasteiger partial charge in [0.1, 0.15) is 0 Å². The van der Waals surface area contributed by atoms with E-state index < -0.39 is 0 Å². The van der Waals surface area contributed by atoms with Gasteiger partial charge in [0, 0.05) is 0 Å². The maximum Gasteiger partial charge on any atom is 0.247 e. The first-order valence-corrected chi connectivity index (χ1v) is 4.21. The van der Waals surface area contributed by atoms with Crippen molar-refractivity contribution in [3.8, 4) is 0 Å². The Morgan fingerprint density at radius 3 is 3.09 bits per heavy atom. The minimum Gasteiger partial charge on any atom is -0.476 e. The zero-order chi connectivity index (χ0) is 8.10. The largest absolute Gasteiger partial charge is 0.476 e. The van der Waals surface area contributed by atoms with E-state index in [0.29, 0.717) is 12.5 Å². The van der Waals surface area contributed by atoms with Crippen molar-refractivity contribution in [1.82, 2.24) is 0 Å². The van der Waals surface area contributed by atoms with E-state index in [1.54, 1.807) is 11.3 Å². The van der Waals surface area contributed by atoms with Crippen molar-refractivity contribution in [2.45, 2.75) is 6.92 Å². The minimum absolute atomic E-state index is 0.516. The summed E-state index contributed by atoms with van der Waals surface area (Å²) in [6, 6.07) is 3.86. The Kier molecular flexibility index (Phi) is 2.92. The van der Waals surface area contributed by atoms with Crippen LogP contribution in [0.25, 0.3) is 0 Å². The van der Waals surface area contributed by atoms with Gasteiger partial charge in [0.2, 0.25) is 5.90 Å². The van der Waals surface area contributed by atoms with Gasteiger partial charge < -0.3 is 10.6 Å². The summed E-state index contributed by atoms with van der Waals surface area (Å²) in [5.74, 6) is 5.64. The van der Waals surface area contributed by atoms with Crippen molar-refractivity contribution in [1.29, 1.82) is 0 Å². The number of thiophene rings is 1. The Bertz CT molecular complexity index is 231. The second-order valence-corrected chi connectivity index (χ2v) is 2.79. The molecule has 1 heterocycles. The highest BCUT2D eigenvalue weighted by molar-refractivity contribution is 7.12. The van der Waals surface area contributed by atoms with Gasteiger partial charge >= 0.3 is 0 Å². The molecule has 0 atom stereocenters. The third-order valence-corrected chi connectivity index (χ3v) is 1.99. The van der Waals surface area contributed by atoms with E-state index in [9.17, 15) is 0 Å². The van der Waals surface area contributed by atoms with E-state index in [4.69, 9.17) is 10.6 Å². The summed E-state index contributed by atoms with van der Waals surface area (Å²) >= 11 is 1.56. The predicted octanol–water partition coefficient (Wildman–Crippen LogP) is 1.40. The average molecular weight is 170 g/mol. The van der Waals surface area contributed by atoms with E-state index in [0.717, 1.165) is 4.88 Å². The molecule has 1 aromatic heterocycles. The highest BCUT2D eigenvalue weighted by Crippen LogP contribution is 2.10. The maximum atomic E-state index is 5.17. The first kappa shape index (κ1) is 8.07. The van der Waals surface area contributed by atoms with Crippen LogP contribution < -0.4 is 5.84 Å². The van der Waals surface area contributed by atoms with Gasteiger partial charge in [-0.25, -0.2) is 0 Å². The lowest BCUT2D eigenvalue weighted by molar-refractivity contribution is 0.328. The molecule has 0 amide bonds. The van der Waals surface area contributed by atoms with Crippen LogP contribution in [0.15, 0.2) is 22.6 Å². The summed E-state index contributed by atoms with van der Waals surface area (Å²) in [4.78, 5) is 0.967. The van der Waals surface area contributed by atoms with Crippen molar-refractivity contribution < 1.29 is 4.74 Å². The lowest BCUT2D eigenvalue weighted by Gasteiger charge is -2.01. The fourth-order valence-corrected chi connectivity index (χ4v) is 1.38. The van der Waals surface area contributed by atoms with Crippen LogP contribution in [0.3, 0.4) is 0 Å². The summed E-state index contributed by atoms with van der Waals surface area (Å²) in [6.45, 7) is 2.49. The monoisotopic (exact) mass is 170 g/mol. The minimum atomic E-state index is 0.516. The average Bonchev–Trinajstić information content (AvgIpc) is 2.52. The Balaban J connectivity index is 2.72. The molecule has 0 bridgehead atoms. The van der Waals surface area contributed by atoms with Gasteiger partial charge in [0.25, 0.3) is 0 Å². The molecule has 0 spiro atoms. The maximum absolute atomic E-state index is 5.17. The lowest BCUT2D eigenvalue weighted by atomic mass is 10.5. The second kappa shape index (κ2) is 3.98. The van der Waals surface area contributed by atoms with Gasteiger partial charge in [-0.15, -0.1) is 16.4 Å². The fourth-order valence-electron chi connectivity index (χ4n) is 0.709. The van der Waals surface area contributed by atoms with Crippen molar-refractivity contribution in [3.05, 3.63) is 22.4 Å². The van der Waals surface area contributed by atoms with Crippen LogP contribution in [-0.2, 0) is 4.74 Å². The Morgan fingerprint density at radius 1 is 1.82 bits per heavy atom. The van der Waals surface area contributed by atoms with E-state index in [1.165, 1.54) is 0 Å². The molecule has 2 N–H and O–H groups in total. The number of nitrogens with zero attached hydrogens (tertiary/aromatic N) is 1. The third-order valence-electron chi connectivity index (χ3n) is 1.13. The van der Waals surface area contributed by atoms with Crippen LogP contribution in [0.5, 0.6) is 0 Å². The number of rotatable bonds is 2. The molecule has 1 aromatic rings. The number of hydrogen-bond donors (Lipinski definition) is 1. The Labute approximate surface area is 69.5 Å². The topological polar surface area (TPSA) is 47.6 Å². The van der Waals surface area contributed by atoms with E-state index in [1.807, 2.05) is 24.4 Å². The zero-order valence-corrected chi connectivity index (χ0v) is 7.10. The molecule has 0 unspecified atom stereocenters. The predicted molar refractivity (Wildman–Crippen MR) is 46.7 cm³/mol. The molecule has 0 aromatic carbocycles. The van der Waals surface area contributed by atoms with Crippen LogP contribution in [0.4, 0.5) is 0 Å². The van der Waals surface area contributed by atoms with Crippen molar-refractivity contribution in [2.24, 2.45) is 10.9 Å². The van der Waals surface area contributed by atoms with Crippen LogP contribution in [0.1, 0.15) is 11.8 Å². The van der Waals surface area contributed by atoms with Gasteiger partial charge in [-0.1, -0.05) is 6.07 Å². The van der Waals surface area contributed by atoms with Crippen LogP contribution in [0.2, 0.25) is 0 Å². The third kappa shape index (κ3) is 1.94. The van der Waals surface area contributed by atoms with Crippen LogP contribution in [-0.4, -0.2) is 12.5 Å². The fraction of sp³-hybridized carbons (Fsp3) is 0.286. The van der Waals surface area contributed by atoms with Crippen molar-refractivity contribution in [2.75, 3.05) is 6.61 Å². The zero-order valence-electron chi connectivity index (χ0n) is 6.28. The van der Waals surface area contributed by atoms with Crippen molar-refractivity contribution in [3.63, 3.8) is 0 Å². The SMILES string of the molecule is CCOC(=NN)c1cccs1. The van der Waals surface area contributed by atoms with Gasteiger partial charge in [-0.3, -0.25) is 0 Å². The summed E-state index contributed by atoms with van der Waals surface area (Å²) < 4.78 is 5.17. The quantitative estimate of drug-likeness (QED) is 0.316. The molecular weight excluding hydrogens is 160 g/mol. The molecule has 0 saturated carbocycles. The smallest absolute Gasteiger partial charge is 0.247 e. The van der Waals surface area contributed by atoms with Crippen LogP contribution in [0, 0.1) is 0 Å². The molecule has 0 saturated heterocycles. The molecule has 60 valence electrons. The Morgan fingerprint density at radius 2 is 2.64 bits per heavy atom. The van der Waals surface area contributed by atoms with E-state index >= 15 is 0 Å². The molecule has 0 fully saturated rings. The van der Waals surface area contributed by atoms with Crippen LogP contribution >= 0.6 is 11.3 Å². The summed E-state index contributed by atoms with van der Waals surface area (Å²) in [5, 5.41) is 5.48. The number of hydrogen-bond acceptors (Lipinski definition) is 4. The van der Waals surface area contributed by atoms with Crippen molar-refractivity contribution >= 4 is 17.2 Å². The summed E-state index contributed by atoms with van der Waals surface area (Å²) in [5.41, 5.74) is 0. The van der Waals surface area contributed by atoms with Gasteiger partial charge in [-0.05, 0) is 18.4 Å². The highest BCUT2D eigenvalue weighted by atomic mass is 32.1. The summed E-state index contributed by atoms with van der Waals surface area (Å²) in [6.07, 6.45) is 0. The number of hydrazone groups is 1. The summed E-state index contributed by atoms with van der Waals surface area (Å²) in [7, 11) is 0. The molecule has 0 radical (unpaired) electrons. The molecule has 3 nitrogen and oxygen atoms in total. The molecule has 4 heteroatoms. The first-order chi connectivity index (χ1) is 5.38. The lowest BCUT2D eigenvalue weighted by Crippen LogP contribution is -2.07. The molecule has 0 aliphatic rings. The Hall–Kier alpha value is -1.03. The number of ether oxygens (including phenoxy) is 1. The number of nitrogens with two attached hydrogens (primary N) is 1. The normalized spacial score (nSPS) is 11.5. The standard InChI is InChI=1S/C7H10N2OS/c1-2-10-7(9-8)6-4-3-5-11-6/h3-5H,2,8H2,1H3. The van der Waals surface area contributed by atoms with E-state index in [-0.39, 0.29) is 0 Å².